The largest absolute Gasteiger partial charge is 0.484 e. The Morgan fingerprint density at radius 3 is 2.30 bits per heavy atom. The Morgan fingerprint density at radius 1 is 1.03 bits per heavy atom. The number of hydrogen-bond acceptors (Lipinski definition) is 4. The van der Waals surface area contributed by atoms with Crippen molar-refractivity contribution in [3.63, 3.8) is 0 Å². The lowest BCUT2D eigenvalue weighted by Crippen LogP contribution is -2.49. The number of carbonyl (C=O) groups excluding carboxylic acids is 2. The molecule has 2 aromatic rings. The van der Waals surface area contributed by atoms with Gasteiger partial charge in [0.2, 0.25) is 0 Å². The molecule has 1 aliphatic heterocycles. The standard InChI is InChI=1S/C24H26Cl3N3O3/c1-14-5-4-6-15(2)30(14)21(31)13-33-18-9-7-17(8-10-18)24(32)29-28-16(3)19-11-12-20(25)23(27)22(19)26/h7-12,14-15H,4-6,13H2,1-3H3,(H,29,32)/b28-16-/t14-,15+. The second kappa shape index (κ2) is 11.2. The number of amides is 2. The van der Waals surface area contributed by atoms with Gasteiger partial charge in [0.15, 0.2) is 6.61 Å². The molecule has 0 bridgehead atoms. The number of nitrogens with zero attached hydrogens (tertiary/aromatic N) is 2. The van der Waals surface area contributed by atoms with Crippen LogP contribution in [0.5, 0.6) is 5.75 Å². The normalized spacial score (nSPS) is 18.7. The second-order valence-corrected chi connectivity index (χ2v) is 9.27. The minimum absolute atomic E-state index is 0.0257. The lowest BCUT2D eigenvalue weighted by Gasteiger charge is -2.38. The first-order chi connectivity index (χ1) is 15.7. The van der Waals surface area contributed by atoms with Crippen molar-refractivity contribution in [1.29, 1.82) is 0 Å². The van der Waals surface area contributed by atoms with Crippen LogP contribution >= 0.6 is 34.8 Å². The molecular formula is C24H26Cl3N3O3. The van der Waals surface area contributed by atoms with Gasteiger partial charge in [-0.05, 0) is 70.4 Å². The summed E-state index contributed by atoms with van der Waals surface area (Å²) >= 11 is 18.2. The summed E-state index contributed by atoms with van der Waals surface area (Å²) in [6, 6.07) is 10.3. The van der Waals surface area contributed by atoms with Crippen LogP contribution in [-0.4, -0.2) is 41.1 Å². The van der Waals surface area contributed by atoms with Crippen LogP contribution in [0.25, 0.3) is 0 Å². The molecule has 1 saturated heterocycles. The number of hydrogen-bond donors (Lipinski definition) is 1. The molecule has 0 spiro atoms. The number of hydrazone groups is 1. The Balaban J connectivity index is 1.57. The Labute approximate surface area is 208 Å². The van der Waals surface area contributed by atoms with Crippen LogP contribution in [0.15, 0.2) is 41.5 Å². The van der Waals surface area contributed by atoms with Gasteiger partial charge in [-0.2, -0.15) is 5.10 Å². The summed E-state index contributed by atoms with van der Waals surface area (Å²) in [6.07, 6.45) is 3.17. The first kappa shape index (κ1) is 25.3. The molecule has 0 aromatic heterocycles. The molecule has 9 heteroatoms. The highest BCUT2D eigenvalue weighted by atomic mass is 35.5. The predicted molar refractivity (Wildman–Crippen MR) is 133 cm³/mol. The molecule has 2 atom stereocenters. The number of piperidine rings is 1. The third-order valence-electron chi connectivity index (χ3n) is 5.71. The predicted octanol–water partition coefficient (Wildman–Crippen LogP) is 5.97. The fourth-order valence-electron chi connectivity index (χ4n) is 3.90. The fourth-order valence-corrected chi connectivity index (χ4v) is 4.57. The van der Waals surface area contributed by atoms with Gasteiger partial charge in [-0.25, -0.2) is 5.43 Å². The van der Waals surface area contributed by atoms with Crippen LogP contribution in [0.1, 0.15) is 56.0 Å². The zero-order chi connectivity index (χ0) is 24.1. The summed E-state index contributed by atoms with van der Waals surface area (Å²) in [5.74, 6) is 0.0888. The number of benzene rings is 2. The van der Waals surface area contributed by atoms with Gasteiger partial charge >= 0.3 is 0 Å². The summed E-state index contributed by atoms with van der Waals surface area (Å²) in [5.41, 5.74) is 3.93. The van der Waals surface area contributed by atoms with E-state index in [2.05, 4.69) is 24.4 Å². The second-order valence-electron chi connectivity index (χ2n) is 8.10. The van der Waals surface area contributed by atoms with Crippen LogP contribution in [0, 0.1) is 0 Å². The molecule has 0 unspecified atom stereocenters. The monoisotopic (exact) mass is 509 g/mol. The van der Waals surface area contributed by atoms with Crippen LogP contribution in [0.4, 0.5) is 0 Å². The molecule has 0 saturated carbocycles. The van der Waals surface area contributed by atoms with Gasteiger partial charge in [0, 0.05) is 23.2 Å². The third kappa shape index (κ3) is 6.19. The zero-order valence-electron chi connectivity index (χ0n) is 18.7. The van der Waals surface area contributed by atoms with Crippen LogP contribution in [0.2, 0.25) is 15.1 Å². The number of ether oxygens (including phenoxy) is 1. The minimum atomic E-state index is -0.399. The lowest BCUT2D eigenvalue weighted by atomic mass is 9.97. The van der Waals surface area contributed by atoms with E-state index in [4.69, 9.17) is 39.5 Å². The van der Waals surface area contributed by atoms with Crippen molar-refractivity contribution in [3.8, 4) is 5.75 Å². The number of nitrogens with one attached hydrogen (secondary N) is 1. The molecule has 176 valence electrons. The third-order valence-corrected chi connectivity index (χ3v) is 7.00. The topological polar surface area (TPSA) is 71.0 Å². The average molecular weight is 511 g/mol. The number of likely N-dealkylation sites (tertiary alicyclic amines) is 1. The van der Waals surface area contributed by atoms with E-state index in [-0.39, 0.29) is 34.6 Å². The molecule has 1 N–H and O–H groups in total. The quantitative estimate of drug-likeness (QED) is 0.296. The van der Waals surface area contributed by atoms with Crippen LogP contribution < -0.4 is 10.2 Å². The van der Waals surface area contributed by atoms with Gasteiger partial charge in [-0.1, -0.05) is 40.9 Å². The van der Waals surface area contributed by atoms with Gasteiger partial charge in [0.1, 0.15) is 5.75 Å². The molecule has 0 aliphatic carbocycles. The highest BCUT2D eigenvalue weighted by Gasteiger charge is 2.29. The Kier molecular flexibility index (Phi) is 8.63. The summed E-state index contributed by atoms with van der Waals surface area (Å²) in [6.45, 7) is 5.80. The van der Waals surface area contributed by atoms with E-state index in [1.165, 1.54) is 0 Å². The number of carbonyl (C=O) groups is 2. The van der Waals surface area contributed by atoms with E-state index in [1.807, 2.05) is 4.90 Å². The van der Waals surface area contributed by atoms with E-state index < -0.39 is 5.91 Å². The van der Waals surface area contributed by atoms with Gasteiger partial charge in [-0.15, -0.1) is 0 Å². The maximum atomic E-state index is 12.6. The molecular weight excluding hydrogens is 485 g/mol. The van der Waals surface area contributed by atoms with E-state index in [0.29, 0.717) is 27.6 Å². The molecule has 2 amide bonds. The fraction of sp³-hybridized carbons (Fsp3) is 0.375. The van der Waals surface area contributed by atoms with Crippen molar-refractivity contribution in [2.45, 2.75) is 52.1 Å². The van der Waals surface area contributed by atoms with Crippen molar-refractivity contribution >= 4 is 52.3 Å². The maximum Gasteiger partial charge on any atom is 0.271 e. The highest BCUT2D eigenvalue weighted by Crippen LogP contribution is 2.33. The van der Waals surface area contributed by atoms with Crippen molar-refractivity contribution < 1.29 is 14.3 Å². The van der Waals surface area contributed by atoms with E-state index in [9.17, 15) is 9.59 Å². The van der Waals surface area contributed by atoms with Crippen molar-refractivity contribution in [2.75, 3.05) is 6.61 Å². The molecule has 33 heavy (non-hydrogen) atoms. The Bertz CT molecular complexity index is 1050. The smallest absolute Gasteiger partial charge is 0.271 e. The summed E-state index contributed by atoms with van der Waals surface area (Å²) < 4.78 is 5.65. The van der Waals surface area contributed by atoms with Crippen LogP contribution in [0.3, 0.4) is 0 Å². The molecule has 1 fully saturated rings. The summed E-state index contributed by atoms with van der Waals surface area (Å²) in [7, 11) is 0. The van der Waals surface area contributed by atoms with E-state index >= 15 is 0 Å². The summed E-state index contributed by atoms with van der Waals surface area (Å²) in [5, 5.41) is 4.94. The van der Waals surface area contributed by atoms with Gasteiger partial charge in [0.05, 0.1) is 20.8 Å². The highest BCUT2D eigenvalue weighted by molar-refractivity contribution is 6.49. The van der Waals surface area contributed by atoms with Gasteiger partial charge in [-0.3, -0.25) is 9.59 Å². The lowest BCUT2D eigenvalue weighted by molar-refractivity contribution is -0.139. The van der Waals surface area contributed by atoms with Gasteiger partial charge in [0.25, 0.3) is 11.8 Å². The van der Waals surface area contributed by atoms with Gasteiger partial charge < -0.3 is 9.64 Å². The number of halogens is 3. The first-order valence-corrected chi connectivity index (χ1v) is 11.8. The molecule has 6 nitrogen and oxygen atoms in total. The van der Waals surface area contributed by atoms with Crippen molar-refractivity contribution in [1.82, 2.24) is 10.3 Å². The van der Waals surface area contributed by atoms with Crippen LogP contribution in [-0.2, 0) is 4.79 Å². The average Bonchev–Trinajstić information content (AvgIpc) is 2.79. The molecule has 1 heterocycles. The molecule has 0 radical (unpaired) electrons. The Morgan fingerprint density at radius 2 is 1.67 bits per heavy atom. The summed E-state index contributed by atoms with van der Waals surface area (Å²) in [4.78, 5) is 26.9. The van der Waals surface area contributed by atoms with Crippen molar-refractivity contribution in [2.24, 2.45) is 5.10 Å². The molecule has 1 aliphatic rings. The minimum Gasteiger partial charge on any atom is -0.484 e. The number of rotatable bonds is 6. The van der Waals surface area contributed by atoms with E-state index in [1.54, 1.807) is 43.3 Å². The van der Waals surface area contributed by atoms with E-state index in [0.717, 1.165) is 19.3 Å². The first-order valence-electron chi connectivity index (χ1n) is 10.7. The zero-order valence-corrected chi connectivity index (χ0v) is 21.0. The molecule has 3 rings (SSSR count). The molecule has 2 aromatic carbocycles. The Hall–Kier alpha value is -2.28. The maximum absolute atomic E-state index is 12.6. The van der Waals surface area contributed by atoms with Crippen molar-refractivity contribution in [3.05, 3.63) is 62.6 Å². The SMILES string of the molecule is C/C(=N/NC(=O)c1ccc(OCC(=O)N2[C@H](C)CCC[C@@H]2C)cc1)c1ccc(Cl)c(Cl)c1Cl.